The maximum Gasteiger partial charge on any atom is 0.401 e. The molecule has 7 heteroatoms. The van der Waals surface area contributed by atoms with Gasteiger partial charge in [0.1, 0.15) is 0 Å². The molecule has 0 bridgehead atoms. The zero-order valence-electron chi connectivity index (χ0n) is 12.1. The van der Waals surface area contributed by atoms with Crippen LogP contribution in [0.15, 0.2) is 24.3 Å². The number of nitrogens with zero attached hydrogens (tertiary/aromatic N) is 1. The molecule has 1 unspecified atom stereocenters. The van der Waals surface area contributed by atoms with Crippen molar-refractivity contribution in [3.8, 4) is 0 Å². The first kappa shape index (κ1) is 17.3. The van der Waals surface area contributed by atoms with Gasteiger partial charge in [0.15, 0.2) is 0 Å². The van der Waals surface area contributed by atoms with E-state index in [1.54, 1.807) is 31.2 Å². The zero-order valence-corrected chi connectivity index (χ0v) is 12.1. The third-order valence-corrected chi connectivity index (χ3v) is 2.97. The van der Waals surface area contributed by atoms with Crippen LogP contribution in [0.5, 0.6) is 0 Å². The van der Waals surface area contributed by atoms with Crippen molar-refractivity contribution in [3.05, 3.63) is 24.3 Å². The predicted molar refractivity (Wildman–Crippen MR) is 76.9 cm³/mol. The van der Waals surface area contributed by atoms with Crippen molar-refractivity contribution in [2.75, 3.05) is 24.1 Å². The van der Waals surface area contributed by atoms with Gasteiger partial charge in [-0.25, -0.2) is 0 Å². The molecule has 0 aliphatic heterocycles. The van der Waals surface area contributed by atoms with Crippen LogP contribution >= 0.6 is 0 Å². The number of nitrogens with two attached hydrogens (primary N) is 1. The summed E-state index contributed by atoms with van der Waals surface area (Å²) in [5.74, 6) is -0.488. The van der Waals surface area contributed by atoms with Gasteiger partial charge in [0.2, 0.25) is 5.91 Å². The summed E-state index contributed by atoms with van der Waals surface area (Å²) in [5.41, 5.74) is 6.53. The van der Waals surface area contributed by atoms with Gasteiger partial charge in [-0.3, -0.25) is 9.69 Å². The first-order chi connectivity index (χ1) is 9.73. The van der Waals surface area contributed by atoms with E-state index in [0.29, 0.717) is 17.8 Å². The van der Waals surface area contributed by atoms with Gasteiger partial charge >= 0.3 is 6.18 Å². The highest BCUT2D eigenvalue weighted by Gasteiger charge is 2.34. The fourth-order valence-corrected chi connectivity index (χ4v) is 1.96. The molecule has 1 rings (SSSR count). The van der Waals surface area contributed by atoms with Crippen molar-refractivity contribution in [1.82, 2.24) is 4.90 Å². The third-order valence-electron chi connectivity index (χ3n) is 2.97. The summed E-state index contributed by atoms with van der Waals surface area (Å²) in [4.78, 5) is 13.2. The zero-order chi connectivity index (χ0) is 16.0. The molecule has 0 spiro atoms. The molecule has 0 saturated carbocycles. The Kier molecular flexibility index (Phi) is 6.02. The van der Waals surface area contributed by atoms with Crippen molar-refractivity contribution >= 4 is 17.3 Å². The van der Waals surface area contributed by atoms with E-state index in [2.05, 4.69) is 5.32 Å². The van der Waals surface area contributed by atoms with E-state index in [4.69, 9.17) is 5.73 Å². The Morgan fingerprint density at radius 3 is 2.62 bits per heavy atom. The number of nitrogen functional groups attached to an aromatic ring is 1. The molecule has 0 radical (unpaired) electrons. The number of hydrogen-bond donors (Lipinski definition) is 2. The van der Waals surface area contributed by atoms with Crippen LogP contribution in [0.4, 0.5) is 24.5 Å². The van der Waals surface area contributed by atoms with Gasteiger partial charge in [0.25, 0.3) is 0 Å². The second-order valence-corrected chi connectivity index (χ2v) is 4.88. The van der Waals surface area contributed by atoms with Crippen LogP contribution < -0.4 is 11.1 Å². The predicted octanol–water partition coefficient (Wildman–Crippen LogP) is 2.87. The monoisotopic (exact) mass is 303 g/mol. The second kappa shape index (κ2) is 7.31. The number of carbonyl (C=O) groups excluding carboxylic acids is 1. The fraction of sp³-hybridized carbons (Fsp3) is 0.500. The van der Waals surface area contributed by atoms with Crippen LogP contribution in [0.25, 0.3) is 0 Å². The van der Waals surface area contributed by atoms with Gasteiger partial charge in [-0.2, -0.15) is 13.2 Å². The van der Waals surface area contributed by atoms with E-state index in [1.807, 2.05) is 0 Å². The number of carbonyl (C=O) groups is 1. The third kappa shape index (κ3) is 6.03. The normalized spacial score (nSPS) is 13.2. The summed E-state index contributed by atoms with van der Waals surface area (Å²) in [7, 11) is 0. The molecule has 0 saturated heterocycles. The van der Waals surface area contributed by atoms with Crippen LogP contribution in [0.1, 0.15) is 20.3 Å². The Morgan fingerprint density at radius 2 is 2.10 bits per heavy atom. The lowest BCUT2D eigenvalue weighted by molar-refractivity contribution is -0.153. The Hall–Kier alpha value is -1.76. The summed E-state index contributed by atoms with van der Waals surface area (Å²) < 4.78 is 37.6. The van der Waals surface area contributed by atoms with Gasteiger partial charge in [-0.05, 0) is 38.1 Å². The summed E-state index contributed by atoms with van der Waals surface area (Å²) in [6, 6.07) is 5.63. The molecular weight excluding hydrogens is 283 g/mol. The molecule has 1 amide bonds. The largest absolute Gasteiger partial charge is 0.401 e. The van der Waals surface area contributed by atoms with E-state index in [0.717, 1.165) is 4.90 Å². The van der Waals surface area contributed by atoms with Crippen LogP contribution in [0.3, 0.4) is 0 Å². The molecule has 0 aromatic heterocycles. The quantitative estimate of drug-likeness (QED) is 0.795. The number of rotatable bonds is 6. The fourth-order valence-electron chi connectivity index (χ4n) is 1.96. The molecule has 0 aliphatic rings. The number of nitrogens with one attached hydrogen (secondary N) is 1. The molecule has 1 aromatic carbocycles. The molecule has 0 fully saturated rings. The molecule has 1 aromatic rings. The van der Waals surface area contributed by atoms with Gasteiger partial charge in [0, 0.05) is 11.4 Å². The molecule has 4 nitrogen and oxygen atoms in total. The Balaban J connectivity index is 2.73. The smallest absolute Gasteiger partial charge is 0.399 e. The van der Waals surface area contributed by atoms with Crippen LogP contribution in [0, 0.1) is 0 Å². The summed E-state index contributed by atoms with van der Waals surface area (Å²) in [6.45, 7) is 2.33. The molecule has 3 N–H and O–H groups in total. The van der Waals surface area contributed by atoms with Crippen molar-refractivity contribution in [3.63, 3.8) is 0 Å². The van der Waals surface area contributed by atoms with Gasteiger partial charge in [0.05, 0.1) is 12.6 Å². The standard InChI is InChI=1S/C14H20F3N3O/c1-3-7-20(9-14(15,16)17)10(2)13(21)19-12-6-4-5-11(18)8-12/h4-6,8,10H,3,7,9,18H2,1-2H3,(H,19,21). The van der Waals surface area contributed by atoms with E-state index >= 15 is 0 Å². The van der Waals surface area contributed by atoms with Gasteiger partial charge < -0.3 is 11.1 Å². The Morgan fingerprint density at radius 1 is 1.43 bits per heavy atom. The summed E-state index contributed by atoms with van der Waals surface area (Å²) in [5, 5.41) is 2.58. The van der Waals surface area contributed by atoms with E-state index in [9.17, 15) is 18.0 Å². The number of anilines is 2. The summed E-state index contributed by atoms with van der Waals surface area (Å²) >= 11 is 0. The van der Waals surface area contributed by atoms with Crippen molar-refractivity contribution in [2.45, 2.75) is 32.5 Å². The van der Waals surface area contributed by atoms with Crippen molar-refractivity contribution < 1.29 is 18.0 Å². The molecule has 1 atom stereocenters. The number of amides is 1. The number of hydrogen-bond acceptors (Lipinski definition) is 3. The summed E-state index contributed by atoms with van der Waals surface area (Å²) in [6.07, 6.45) is -3.80. The number of halogens is 3. The van der Waals surface area contributed by atoms with Crippen molar-refractivity contribution in [2.24, 2.45) is 0 Å². The Bertz CT molecular complexity index is 477. The molecule has 0 heterocycles. The maximum atomic E-state index is 12.5. The van der Waals surface area contributed by atoms with E-state index < -0.39 is 24.7 Å². The van der Waals surface area contributed by atoms with Crippen LogP contribution in [-0.2, 0) is 4.79 Å². The minimum absolute atomic E-state index is 0.199. The molecule has 0 aliphatic carbocycles. The van der Waals surface area contributed by atoms with Gasteiger partial charge in [-0.1, -0.05) is 13.0 Å². The number of benzene rings is 1. The van der Waals surface area contributed by atoms with Crippen LogP contribution in [0.2, 0.25) is 0 Å². The molecular formula is C14H20F3N3O. The van der Waals surface area contributed by atoms with Crippen molar-refractivity contribution in [1.29, 1.82) is 0 Å². The highest BCUT2D eigenvalue weighted by atomic mass is 19.4. The number of alkyl halides is 3. The molecule has 118 valence electrons. The van der Waals surface area contributed by atoms with E-state index in [-0.39, 0.29) is 6.54 Å². The minimum atomic E-state index is -4.33. The highest BCUT2D eigenvalue weighted by molar-refractivity contribution is 5.94. The lowest BCUT2D eigenvalue weighted by atomic mass is 10.2. The average molecular weight is 303 g/mol. The lowest BCUT2D eigenvalue weighted by Crippen LogP contribution is -2.46. The highest BCUT2D eigenvalue weighted by Crippen LogP contribution is 2.19. The maximum absolute atomic E-state index is 12.5. The first-order valence-electron chi connectivity index (χ1n) is 6.70. The minimum Gasteiger partial charge on any atom is -0.399 e. The SMILES string of the molecule is CCCN(CC(F)(F)F)C(C)C(=O)Nc1cccc(N)c1. The first-order valence-corrected chi connectivity index (χ1v) is 6.70. The van der Waals surface area contributed by atoms with Crippen LogP contribution in [-0.4, -0.2) is 36.1 Å². The lowest BCUT2D eigenvalue weighted by Gasteiger charge is -2.28. The van der Waals surface area contributed by atoms with E-state index in [1.165, 1.54) is 6.92 Å². The average Bonchev–Trinajstić information content (AvgIpc) is 2.35. The second-order valence-electron chi connectivity index (χ2n) is 4.88. The molecule has 21 heavy (non-hydrogen) atoms. The Labute approximate surface area is 122 Å². The van der Waals surface area contributed by atoms with Gasteiger partial charge in [-0.15, -0.1) is 0 Å². The topological polar surface area (TPSA) is 58.4 Å².